The van der Waals surface area contributed by atoms with Crippen molar-refractivity contribution in [1.82, 2.24) is 9.55 Å². The summed E-state index contributed by atoms with van der Waals surface area (Å²) in [5, 5.41) is 0.923. The number of anilines is 1. The first-order valence-corrected chi connectivity index (χ1v) is 10.1. The molecule has 0 spiro atoms. The van der Waals surface area contributed by atoms with E-state index in [9.17, 15) is 4.79 Å². The summed E-state index contributed by atoms with van der Waals surface area (Å²) in [6.07, 6.45) is 1.15. The minimum absolute atomic E-state index is 0.397. The van der Waals surface area contributed by atoms with Crippen LogP contribution in [0.4, 0.5) is 10.5 Å². The Morgan fingerprint density at radius 2 is 1.79 bits per heavy atom. The molecule has 0 N–H and O–H groups in total. The van der Waals surface area contributed by atoms with Gasteiger partial charge in [0.1, 0.15) is 10.2 Å². The van der Waals surface area contributed by atoms with Crippen LogP contribution in [0.3, 0.4) is 0 Å². The number of aromatic nitrogens is 2. The van der Waals surface area contributed by atoms with E-state index in [0.717, 1.165) is 17.5 Å². The molecule has 6 heteroatoms. The maximum atomic E-state index is 12.9. The third-order valence-corrected chi connectivity index (χ3v) is 4.83. The van der Waals surface area contributed by atoms with Gasteiger partial charge in [-0.2, -0.15) is 0 Å². The molecular formula is C22H26BrN3O2. The van der Waals surface area contributed by atoms with Gasteiger partial charge in [0.15, 0.2) is 5.65 Å². The number of carbonyl (C=O) groups is 1. The number of pyridine rings is 1. The van der Waals surface area contributed by atoms with Crippen LogP contribution in [-0.4, -0.2) is 35.3 Å². The van der Waals surface area contributed by atoms with E-state index in [1.165, 1.54) is 11.3 Å². The average Bonchev–Trinajstić information content (AvgIpc) is 2.96. The van der Waals surface area contributed by atoms with Crippen molar-refractivity contribution in [2.75, 3.05) is 19.0 Å². The van der Waals surface area contributed by atoms with Gasteiger partial charge in [-0.1, -0.05) is 12.1 Å². The van der Waals surface area contributed by atoms with E-state index in [-0.39, 0.29) is 0 Å². The predicted octanol–water partition coefficient (Wildman–Crippen LogP) is 5.43. The lowest BCUT2D eigenvalue weighted by molar-refractivity contribution is 0.0539. The Morgan fingerprint density at radius 3 is 2.39 bits per heavy atom. The van der Waals surface area contributed by atoms with Crippen LogP contribution in [0.5, 0.6) is 0 Å². The highest BCUT2D eigenvalue weighted by atomic mass is 79.9. The Balaban J connectivity index is 1.91. The summed E-state index contributed by atoms with van der Waals surface area (Å²) in [5.41, 5.74) is 3.33. The molecule has 0 atom stereocenters. The third-order valence-electron chi connectivity index (χ3n) is 4.39. The van der Waals surface area contributed by atoms with E-state index in [4.69, 9.17) is 4.74 Å². The predicted molar refractivity (Wildman–Crippen MR) is 117 cm³/mol. The number of carbonyl (C=O) groups excluding carboxylic acids is 1. The molecule has 28 heavy (non-hydrogen) atoms. The highest BCUT2D eigenvalue weighted by Gasteiger charge is 2.23. The van der Waals surface area contributed by atoms with Crippen molar-refractivity contribution in [1.29, 1.82) is 0 Å². The standard InChI is InChI=1S/C22H26BrN3O2/c1-22(2,3)28-21(27)26-18(14-16-9-13-19(23)24-20(16)26)12-8-15-6-10-17(11-7-15)25(4)5/h6-7,9-11,13-14H,8,12H2,1-5H3. The van der Waals surface area contributed by atoms with Gasteiger partial charge in [0.05, 0.1) is 0 Å². The molecule has 3 rings (SSSR count). The summed E-state index contributed by atoms with van der Waals surface area (Å²) in [6, 6.07) is 14.3. The molecule has 0 aliphatic rings. The first-order chi connectivity index (χ1) is 13.1. The molecular weight excluding hydrogens is 418 g/mol. The SMILES string of the molecule is CN(C)c1ccc(CCc2cc3ccc(Br)nc3n2C(=O)OC(C)(C)C)cc1. The van der Waals surface area contributed by atoms with E-state index in [2.05, 4.69) is 50.1 Å². The zero-order valence-corrected chi connectivity index (χ0v) is 18.6. The van der Waals surface area contributed by atoms with Crippen molar-refractivity contribution in [2.24, 2.45) is 0 Å². The first-order valence-electron chi connectivity index (χ1n) is 9.30. The molecule has 0 amide bonds. The number of aryl methyl sites for hydroxylation is 2. The number of hydrogen-bond acceptors (Lipinski definition) is 4. The van der Waals surface area contributed by atoms with Gasteiger partial charge in [0.25, 0.3) is 0 Å². The number of benzene rings is 1. The maximum absolute atomic E-state index is 12.9. The Morgan fingerprint density at radius 1 is 1.11 bits per heavy atom. The van der Waals surface area contributed by atoms with Crippen LogP contribution >= 0.6 is 15.9 Å². The molecule has 3 aromatic rings. The number of fused-ring (bicyclic) bond motifs is 1. The van der Waals surface area contributed by atoms with Crippen LogP contribution in [0.25, 0.3) is 11.0 Å². The number of ether oxygens (including phenoxy) is 1. The van der Waals surface area contributed by atoms with E-state index in [1.807, 2.05) is 53.1 Å². The minimum Gasteiger partial charge on any atom is -0.443 e. The fourth-order valence-electron chi connectivity index (χ4n) is 3.04. The van der Waals surface area contributed by atoms with Crippen molar-refractivity contribution in [3.05, 3.63) is 58.3 Å². The lowest BCUT2D eigenvalue weighted by Gasteiger charge is -2.20. The quantitative estimate of drug-likeness (QED) is 0.504. The second kappa shape index (κ2) is 7.95. The molecule has 0 radical (unpaired) electrons. The first kappa shape index (κ1) is 20.4. The number of rotatable bonds is 4. The van der Waals surface area contributed by atoms with E-state index in [1.54, 1.807) is 4.57 Å². The van der Waals surface area contributed by atoms with Gasteiger partial charge in [-0.15, -0.1) is 0 Å². The zero-order valence-electron chi connectivity index (χ0n) is 17.0. The molecule has 0 aliphatic carbocycles. The van der Waals surface area contributed by atoms with Crippen molar-refractivity contribution in [2.45, 2.75) is 39.2 Å². The van der Waals surface area contributed by atoms with Crippen LogP contribution in [0.1, 0.15) is 32.0 Å². The van der Waals surface area contributed by atoms with Gasteiger partial charge < -0.3 is 9.64 Å². The lowest BCUT2D eigenvalue weighted by Crippen LogP contribution is -2.28. The molecule has 5 nitrogen and oxygen atoms in total. The van der Waals surface area contributed by atoms with Crippen LogP contribution < -0.4 is 4.90 Å². The van der Waals surface area contributed by atoms with Crippen LogP contribution in [0.2, 0.25) is 0 Å². The Hall–Kier alpha value is -2.34. The maximum Gasteiger partial charge on any atom is 0.420 e. The third kappa shape index (κ3) is 4.73. The van der Waals surface area contributed by atoms with Crippen LogP contribution in [-0.2, 0) is 17.6 Å². The number of halogens is 1. The summed E-state index contributed by atoms with van der Waals surface area (Å²) >= 11 is 3.40. The smallest absolute Gasteiger partial charge is 0.420 e. The second-order valence-electron chi connectivity index (χ2n) is 8.06. The van der Waals surface area contributed by atoms with Gasteiger partial charge in [-0.25, -0.2) is 14.3 Å². The number of hydrogen-bond donors (Lipinski definition) is 0. The summed E-state index contributed by atoms with van der Waals surface area (Å²) in [5.74, 6) is 0. The summed E-state index contributed by atoms with van der Waals surface area (Å²) in [6.45, 7) is 5.60. The molecule has 1 aromatic carbocycles. The fourth-order valence-corrected chi connectivity index (χ4v) is 3.34. The molecule has 148 valence electrons. The van der Waals surface area contributed by atoms with Gasteiger partial charge in [-0.3, -0.25) is 0 Å². The normalized spacial score (nSPS) is 11.6. The van der Waals surface area contributed by atoms with Gasteiger partial charge in [0.2, 0.25) is 0 Å². The van der Waals surface area contributed by atoms with Crippen LogP contribution in [0.15, 0.2) is 47.1 Å². The molecule has 0 saturated carbocycles. The average molecular weight is 444 g/mol. The Bertz CT molecular complexity index is 985. The number of nitrogens with zero attached hydrogens (tertiary/aromatic N) is 3. The van der Waals surface area contributed by atoms with Crippen molar-refractivity contribution in [3.63, 3.8) is 0 Å². The Kier molecular flexibility index (Phi) is 5.79. The molecule has 0 saturated heterocycles. The van der Waals surface area contributed by atoms with Crippen molar-refractivity contribution >= 4 is 38.7 Å². The molecule has 2 aromatic heterocycles. The van der Waals surface area contributed by atoms with Gasteiger partial charge in [0, 0.05) is 30.9 Å². The van der Waals surface area contributed by atoms with Crippen molar-refractivity contribution in [3.8, 4) is 0 Å². The molecule has 0 fully saturated rings. The fraction of sp³-hybridized carbons (Fsp3) is 0.364. The van der Waals surface area contributed by atoms with E-state index in [0.29, 0.717) is 16.7 Å². The highest BCUT2D eigenvalue weighted by Crippen LogP contribution is 2.24. The monoisotopic (exact) mass is 443 g/mol. The molecule has 0 bridgehead atoms. The highest BCUT2D eigenvalue weighted by molar-refractivity contribution is 9.10. The van der Waals surface area contributed by atoms with Gasteiger partial charge in [-0.05, 0) is 85.4 Å². The van der Waals surface area contributed by atoms with Gasteiger partial charge >= 0.3 is 6.09 Å². The summed E-state index contributed by atoms with van der Waals surface area (Å²) in [4.78, 5) is 19.5. The lowest BCUT2D eigenvalue weighted by atomic mass is 10.1. The summed E-state index contributed by atoms with van der Waals surface area (Å²) in [7, 11) is 4.05. The van der Waals surface area contributed by atoms with Crippen molar-refractivity contribution < 1.29 is 9.53 Å². The Labute approximate surface area is 174 Å². The van der Waals surface area contributed by atoms with E-state index < -0.39 is 11.7 Å². The van der Waals surface area contributed by atoms with Crippen LogP contribution in [0, 0.1) is 0 Å². The minimum atomic E-state index is -0.570. The van der Waals surface area contributed by atoms with E-state index >= 15 is 0 Å². The zero-order chi connectivity index (χ0) is 20.5. The molecule has 2 heterocycles. The molecule has 0 aliphatic heterocycles. The molecule has 0 unspecified atom stereocenters. The second-order valence-corrected chi connectivity index (χ2v) is 8.87. The summed E-state index contributed by atoms with van der Waals surface area (Å²) < 4.78 is 7.91. The topological polar surface area (TPSA) is 47.4 Å². The largest absolute Gasteiger partial charge is 0.443 e.